The van der Waals surface area contributed by atoms with Gasteiger partial charge in [0.2, 0.25) is 5.91 Å². The Hall–Kier alpha value is -1.77. The molecule has 1 aliphatic rings. The molecule has 0 radical (unpaired) electrons. The van der Waals surface area contributed by atoms with Gasteiger partial charge in [-0.25, -0.2) is 8.78 Å². The molecular formula is C16H22ClF2N3O3. The fourth-order valence-electron chi connectivity index (χ4n) is 2.63. The first kappa shape index (κ1) is 21.3. The van der Waals surface area contributed by atoms with Crippen molar-refractivity contribution in [3.05, 3.63) is 35.4 Å². The van der Waals surface area contributed by atoms with Crippen molar-refractivity contribution < 1.29 is 23.1 Å². The molecule has 1 fully saturated rings. The lowest BCUT2D eigenvalue weighted by Gasteiger charge is -2.34. The van der Waals surface area contributed by atoms with Gasteiger partial charge in [-0.15, -0.1) is 12.4 Å². The normalized spacial score (nSPS) is 15.8. The zero-order chi connectivity index (χ0) is 17.6. The van der Waals surface area contributed by atoms with E-state index in [0.717, 1.165) is 12.1 Å². The van der Waals surface area contributed by atoms with Crippen molar-refractivity contribution in [2.45, 2.75) is 12.8 Å². The van der Waals surface area contributed by atoms with Crippen LogP contribution in [0, 0.1) is 17.0 Å². The molecule has 2 amide bonds. The largest absolute Gasteiger partial charge is 0.381 e. The third-order valence-corrected chi connectivity index (χ3v) is 4.21. The molecule has 2 rings (SSSR count). The molecule has 1 heterocycles. The third-order valence-electron chi connectivity index (χ3n) is 4.21. The van der Waals surface area contributed by atoms with Crippen LogP contribution in [0.4, 0.5) is 8.78 Å². The van der Waals surface area contributed by atoms with Gasteiger partial charge < -0.3 is 21.1 Å². The number of halogens is 3. The number of nitrogens with one attached hydrogen (secondary N) is 2. The van der Waals surface area contributed by atoms with E-state index in [-0.39, 0.29) is 37.9 Å². The Balaban J connectivity index is 0.00000312. The van der Waals surface area contributed by atoms with E-state index in [4.69, 9.17) is 10.5 Å². The molecule has 1 aromatic rings. The van der Waals surface area contributed by atoms with Crippen LogP contribution in [0.2, 0.25) is 0 Å². The first-order valence-corrected chi connectivity index (χ1v) is 7.78. The van der Waals surface area contributed by atoms with E-state index in [1.807, 2.05) is 0 Å². The number of hydrogen-bond acceptors (Lipinski definition) is 4. The predicted molar refractivity (Wildman–Crippen MR) is 90.5 cm³/mol. The summed E-state index contributed by atoms with van der Waals surface area (Å²) < 4.78 is 32.2. The summed E-state index contributed by atoms with van der Waals surface area (Å²) in [4.78, 5) is 24.1. The number of ether oxygens (including phenoxy) is 1. The minimum absolute atomic E-state index is 0. The zero-order valence-corrected chi connectivity index (χ0v) is 14.5. The van der Waals surface area contributed by atoms with E-state index in [0.29, 0.717) is 26.1 Å². The predicted octanol–water partition coefficient (Wildman–Crippen LogP) is 0.988. The van der Waals surface area contributed by atoms with Crippen LogP contribution < -0.4 is 16.4 Å². The number of nitrogens with two attached hydrogens (primary N) is 1. The van der Waals surface area contributed by atoms with Crippen molar-refractivity contribution in [2.75, 3.05) is 32.8 Å². The van der Waals surface area contributed by atoms with E-state index in [9.17, 15) is 18.4 Å². The second-order valence-electron chi connectivity index (χ2n) is 5.71. The van der Waals surface area contributed by atoms with Gasteiger partial charge in [0.15, 0.2) is 0 Å². The standard InChI is InChI=1S/C16H21F2N3O3.ClH/c17-11-2-1-3-12(18)13(11)14(22)20-6-7-21-15(23)16(10-19)4-8-24-9-5-16;/h1-3H,4-10,19H2,(H,20,22)(H,21,23);1H. The summed E-state index contributed by atoms with van der Waals surface area (Å²) in [6.45, 7) is 1.37. The average molecular weight is 378 g/mol. The van der Waals surface area contributed by atoms with E-state index in [2.05, 4.69) is 10.6 Å². The van der Waals surface area contributed by atoms with Gasteiger partial charge in [-0.1, -0.05) is 6.07 Å². The number of amides is 2. The number of benzene rings is 1. The van der Waals surface area contributed by atoms with Crippen molar-refractivity contribution in [2.24, 2.45) is 11.1 Å². The van der Waals surface area contributed by atoms with Gasteiger partial charge in [0.1, 0.15) is 17.2 Å². The molecule has 0 saturated carbocycles. The smallest absolute Gasteiger partial charge is 0.257 e. The Bertz CT molecular complexity index is 590. The maximum Gasteiger partial charge on any atom is 0.257 e. The quantitative estimate of drug-likeness (QED) is 0.644. The van der Waals surface area contributed by atoms with Gasteiger partial charge in [-0.2, -0.15) is 0 Å². The number of rotatable bonds is 6. The van der Waals surface area contributed by atoms with E-state index in [1.54, 1.807) is 0 Å². The highest BCUT2D eigenvalue weighted by Crippen LogP contribution is 2.29. The highest BCUT2D eigenvalue weighted by Gasteiger charge is 2.38. The van der Waals surface area contributed by atoms with Gasteiger partial charge in [0, 0.05) is 32.8 Å². The molecule has 4 N–H and O–H groups in total. The lowest BCUT2D eigenvalue weighted by molar-refractivity contribution is -0.135. The Morgan fingerprint density at radius 1 is 1.12 bits per heavy atom. The van der Waals surface area contributed by atoms with Crippen LogP contribution in [-0.4, -0.2) is 44.7 Å². The van der Waals surface area contributed by atoms with Gasteiger partial charge in [0.05, 0.1) is 5.41 Å². The minimum Gasteiger partial charge on any atom is -0.381 e. The fraction of sp³-hybridized carbons (Fsp3) is 0.500. The molecular weight excluding hydrogens is 356 g/mol. The Morgan fingerprint density at radius 3 is 2.24 bits per heavy atom. The van der Waals surface area contributed by atoms with Crippen LogP contribution in [0.25, 0.3) is 0 Å². The lowest BCUT2D eigenvalue weighted by Crippen LogP contribution is -2.50. The molecule has 0 spiro atoms. The molecule has 0 aliphatic carbocycles. The Labute approximate surface area is 150 Å². The van der Waals surface area contributed by atoms with Crippen LogP contribution in [0.1, 0.15) is 23.2 Å². The van der Waals surface area contributed by atoms with Gasteiger partial charge >= 0.3 is 0 Å². The highest BCUT2D eigenvalue weighted by atomic mass is 35.5. The summed E-state index contributed by atoms with van der Waals surface area (Å²) in [6, 6.07) is 3.20. The van der Waals surface area contributed by atoms with Crippen LogP contribution >= 0.6 is 12.4 Å². The number of hydrogen-bond donors (Lipinski definition) is 3. The first-order valence-electron chi connectivity index (χ1n) is 7.78. The minimum atomic E-state index is -0.930. The maximum atomic E-state index is 13.5. The Kier molecular flexibility index (Phi) is 8.21. The molecule has 6 nitrogen and oxygen atoms in total. The van der Waals surface area contributed by atoms with Crippen molar-refractivity contribution in [1.82, 2.24) is 10.6 Å². The van der Waals surface area contributed by atoms with E-state index < -0.39 is 28.5 Å². The number of carbonyl (C=O) groups is 2. The molecule has 1 aromatic carbocycles. The van der Waals surface area contributed by atoms with Crippen LogP contribution in [0.15, 0.2) is 18.2 Å². The molecule has 0 unspecified atom stereocenters. The first-order chi connectivity index (χ1) is 11.5. The average Bonchev–Trinajstić information content (AvgIpc) is 2.59. The van der Waals surface area contributed by atoms with E-state index in [1.165, 1.54) is 6.07 Å². The van der Waals surface area contributed by atoms with Crippen molar-refractivity contribution in [3.63, 3.8) is 0 Å². The lowest BCUT2D eigenvalue weighted by atomic mass is 9.79. The third kappa shape index (κ3) is 5.10. The summed E-state index contributed by atoms with van der Waals surface area (Å²) in [5.74, 6) is -2.92. The second kappa shape index (κ2) is 9.65. The van der Waals surface area contributed by atoms with Crippen LogP contribution in [0.5, 0.6) is 0 Å². The molecule has 1 saturated heterocycles. The summed E-state index contributed by atoms with van der Waals surface area (Å²) in [7, 11) is 0. The molecule has 0 bridgehead atoms. The second-order valence-corrected chi connectivity index (χ2v) is 5.71. The molecule has 1 aliphatic heterocycles. The molecule has 25 heavy (non-hydrogen) atoms. The summed E-state index contributed by atoms with van der Waals surface area (Å²) in [5, 5.41) is 5.08. The summed E-state index contributed by atoms with van der Waals surface area (Å²) >= 11 is 0. The summed E-state index contributed by atoms with van der Waals surface area (Å²) in [6.07, 6.45) is 1.09. The van der Waals surface area contributed by atoms with Gasteiger partial charge in [-0.05, 0) is 25.0 Å². The monoisotopic (exact) mass is 377 g/mol. The SMILES string of the molecule is Cl.NCC1(C(=O)NCCNC(=O)c2c(F)cccc2F)CCOCC1. The van der Waals surface area contributed by atoms with Crippen LogP contribution in [-0.2, 0) is 9.53 Å². The van der Waals surface area contributed by atoms with Crippen LogP contribution in [0.3, 0.4) is 0 Å². The topological polar surface area (TPSA) is 93.5 Å². The Morgan fingerprint density at radius 2 is 1.68 bits per heavy atom. The molecule has 0 atom stereocenters. The fourth-order valence-corrected chi connectivity index (χ4v) is 2.63. The highest BCUT2D eigenvalue weighted by molar-refractivity contribution is 5.94. The summed E-state index contributed by atoms with van der Waals surface area (Å²) in [5.41, 5.74) is 4.45. The van der Waals surface area contributed by atoms with Crippen molar-refractivity contribution in [1.29, 1.82) is 0 Å². The molecule has 140 valence electrons. The zero-order valence-electron chi connectivity index (χ0n) is 13.6. The van der Waals surface area contributed by atoms with Gasteiger partial charge in [-0.3, -0.25) is 9.59 Å². The number of carbonyl (C=O) groups excluding carboxylic acids is 2. The molecule has 9 heteroatoms. The van der Waals surface area contributed by atoms with Crippen molar-refractivity contribution in [3.8, 4) is 0 Å². The van der Waals surface area contributed by atoms with Crippen molar-refractivity contribution >= 4 is 24.2 Å². The van der Waals surface area contributed by atoms with E-state index >= 15 is 0 Å². The maximum absolute atomic E-state index is 13.5. The molecule has 0 aromatic heterocycles. The van der Waals surface area contributed by atoms with Gasteiger partial charge in [0.25, 0.3) is 5.91 Å².